The van der Waals surface area contributed by atoms with Gasteiger partial charge in [0, 0.05) is 47.7 Å². The van der Waals surface area contributed by atoms with Gasteiger partial charge in [0.05, 0.1) is 37.2 Å². The van der Waals surface area contributed by atoms with E-state index in [4.69, 9.17) is 24.4 Å². The molecule has 6 heterocycles. The minimum Gasteiger partial charge on any atom is -0.378 e. The molecule has 0 radical (unpaired) electrons. The second-order valence-electron chi connectivity index (χ2n) is 12.3. The van der Waals surface area contributed by atoms with Gasteiger partial charge in [0.2, 0.25) is 5.95 Å². The van der Waals surface area contributed by atoms with Gasteiger partial charge in [0.25, 0.3) is 0 Å². The number of anilines is 5. The number of morpholine rings is 1. The van der Waals surface area contributed by atoms with E-state index in [0.29, 0.717) is 18.6 Å². The molecule has 1 aromatic carbocycles. The van der Waals surface area contributed by atoms with E-state index in [1.807, 2.05) is 6.20 Å². The lowest BCUT2D eigenvalue weighted by Gasteiger charge is -2.46. The molecule has 40 heavy (non-hydrogen) atoms. The Hall–Kier alpha value is -3.27. The Morgan fingerprint density at radius 3 is 2.62 bits per heavy atom. The van der Waals surface area contributed by atoms with Gasteiger partial charge in [-0.25, -0.2) is 9.97 Å². The first-order valence-corrected chi connectivity index (χ1v) is 14.6. The molecule has 4 aliphatic heterocycles. The average molecular weight is 542 g/mol. The van der Waals surface area contributed by atoms with Crippen molar-refractivity contribution < 1.29 is 9.47 Å². The first-order chi connectivity index (χ1) is 19.4. The zero-order chi connectivity index (χ0) is 27.3. The molecule has 3 aromatic rings. The third kappa shape index (κ3) is 4.60. The van der Waals surface area contributed by atoms with E-state index in [2.05, 4.69) is 83.7 Å². The minimum atomic E-state index is -0.230. The Balaban J connectivity index is 1.22. The number of rotatable bonds is 5. The van der Waals surface area contributed by atoms with Crippen LogP contribution in [-0.2, 0) is 14.9 Å². The van der Waals surface area contributed by atoms with Gasteiger partial charge in [-0.2, -0.15) is 4.98 Å². The van der Waals surface area contributed by atoms with Crippen molar-refractivity contribution in [3.05, 3.63) is 59.9 Å². The number of benzene rings is 1. The molecule has 0 unspecified atom stereocenters. The van der Waals surface area contributed by atoms with Gasteiger partial charge in [-0.05, 0) is 76.1 Å². The monoisotopic (exact) mass is 541 g/mol. The van der Waals surface area contributed by atoms with Crippen LogP contribution in [0.15, 0.2) is 48.7 Å². The minimum absolute atomic E-state index is 0.169. The Kier molecular flexibility index (Phi) is 6.40. The topological polar surface area (TPSA) is 87.7 Å². The number of fused-ring (bicyclic) bond motifs is 3. The Labute approximate surface area is 236 Å². The summed E-state index contributed by atoms with van der Waals surface area (Å²) in [6, 6.07) is 15.4. The van der Waals surface area contributed by atoms with Crippen LogP contribution in [-0.4, -0.2) is 66.0 Å². The zero-order valence-electron chi connectivity index (χ0n) is 23.7. The van der Waals surface area contributed by atoms with Crippen molar-refractivity contribution in [2.75, 3.05) is 54.6 Å². The maximum absolute atomic E-state index is 6.38. The molecule has 9 nitrogen and oxygen atoms in total. The lowest BCUT2D eigenvalue weighted by Crippen LogP contribution is -2.54. The van der Waals surface area contributed by atoms with Crippen molar-refractivity contribution in [2.45, 2.75) is 63.1 Å². The van der Waals surface area contributed by atoms with Crippen LogP contribution in [0.3, 0.4) is 0 Å². The van der Waals surface area contributed by atoms with Crippen molar-refractivity contribution in [2.24, 2.45) is 0 Å². The van der Waals surface area contributed by atoms with Crippen molar-refractivity contribution in [1.29, 1.82) is 0 Å². The maximum atomic E-state index is 6.38. The van der Waals surface area contributed by atoms with E-state index >= 15 is 0 Å². The fraction of sp³-hybridized carbons (Fsp3) is 0.516. The highest BCUT2D eigenvalue weighted by Crippen LogP contribution is 2.53. The van der Waals surface area contributed by atoms with Gasteiger partial charge in [0.15, 0.2) is 0 Å². The molecule has 3 saturated heterocycles. The third-order valence-corrected chi connectivity index (χ3v) is 9.03. The summed E-state index contributed by atoms with van der Waals surface area (Å²) >= 11 is 0. The van der Waals surface area contributed by atoms with Gasteiger partial charge in [-0.3, -0.25) is 0 Å². The van der Waals surface area contributed by atoms with Gasteiger partial charge in [-0.15, -0.1) is 0 Å². The molecule has 0 spiro atoms. The molecule has 9 heteroatoms. The quantitative estimate of drug-likeness (QED) is 0.471. The Morgan fingerprint density at radius 2 is 1.85 bits per heavy atom. The summed E-state index contributed by atoms with van der Waals surface area (Å²) in [7, 11) is 0. The summed E-state index contributed by atoms with van der Waals surface area (Å²) in [5.74, 6) is 2.44. The van der Waals surface area contributed by atoms with Gasteiger partial charge < -0.3 is 29.9 Å². The van der Waals surface area contributed by atoms with Crippen LogP contribution >= 0.6 is 0 Å². The van der Waals surface area contributed by atoms with Crippen LogP contribution in [0.25, 0.3) is 0 Å². The van der Waals surface area contributed by atoms with E-state index in [1.165, 1.54) is 12.1 Å². The summed E-state index contributed by atoms with van der Waals surface area (Å²) in [6.45, 7) is 11.7. The maximum Gasteiger partial charge on any atom is 0.229 e. The second-order valence-corrected chi connectivity index (χ2v) is 12.3. The van der Waals surface area contributed by atoms with E-state index < -0.39 is 0 Å². The highest BCUT2D eigenvalue weighted by atomic mass is 16.5. The van der Waals surface area contributed by atoms with E-state index in [0.717, 1.165) is 74.3 Å². The van der Waals surface area contributed by atoms with Gasteiger partial charge >= 0.3 is 0 Å². The van der Waals surface area contributed by atoms with E-state index in [9.17, 15) is 0 Å². The molecule has 3 fully saturated rings. The number of ether oxygens (including phenoxy) is 2. The molecule has 2 N–H and O–H groups in total. The summed E-state index contributed by atoms with van der Waals surface area (Å²) in [5.41, 5.74) is 3.93. The molecule has 0 aliphatic carbocycles. The smallest absolute Gasteiger partial charge is 0.229 e. The number of nitrogens with one attached hydrogen (secondary N) is 2. The van der Waals surface area contributed by atoms with Crippen LogP contribution in [0, 0.1) is 0 Å². The third-order valence-electron chi connectivity index (χ3n) is 9.03. The van der Waals surface area contributed by atoms with Crippen LogP contribution in [0.1, 0.15) is 57.3 Å². The molecule has 3 atom stereocenters. The number of nitrogens with zero attached hydrogens (tertiary/aromatic N) is 5. The van der Waals surface area contributed by atoms with Crippen molar-refractivity contribution in [1.82, 2.24) is 20.3 Å². The molecule has 0 saturated carbocycles. The van der Waals surface area contributed by atoms with Crippen LogP contribution in [0.5, 0.6) is 0 Å². The van der Waals surface area contributed by atoms with Crippen molar-refractivity contribution in [3.8, 4) is 0 Å². The normalized spacial score (nSPS) is 27.4. The Morgan fingerprint density at radius 1 is 1.02 bits per heavy atom. The Bertz CT molecular complexity index is 1370. The fourth-order valence-corrected chi connectivity index (χ4v) is 6.67. The zero-order valence-corrected chi connectivity index (χ0v) is 23.7. The largest absolute Gasteiger partial charge is 0.378 e. The molecule has 7 rings (SSSR count). The molecule has 0 amide bonds. The molecule has 2 aromatic heterocycles. The molecule has 4 aliphatic rings. The van der Waals surface area contributed by atoms with Crippen molar-refractivity contribution in [3.63, 3.8) is 0 Å². The molecular formula is C31H39N7O2. The molecule has 210 valence electrons. The fourth-order valence-electron chi connectivity index (χ4n) is 6.67. The highest BCUT2D eigenvalue weighted by molar-refractivity contribution is 5.71. The second kappa shape index (κ2) is 9.98. The molecular weight excluding hydrogens is 502 g/mol. The first-order valence-electron chi connectivity index (χ1n) is 14.6. The van der Waals surface area contributed by atoms with Crippen LogP contribution in [0.2, 0.25) is 0 Å². The summed E-state index contributed by atoms with van der Waals surface area (Å²) < 4.78 is 11.9. The average Bonchev–Trinajstić information content (AvgIpc) is 3.59. The van der Waals surface area contributed by atoms with Crippen molar-refractivity contribution >= 4 is 29.0 Å². The van der Waals surface area contributed by atoms with E-state index in [1.54, 1.807) is 0 Å². The molecule has 0 bridgehead atoms. The van der Waals surface area contributed by atoms with Gasteiger partial charge in [-0.1, -0.05) is 13.0 Å². The number of hydrogen-bond acceptors (Lipinski definition) is 9. The lowest BCUT2D eigenvalue weighted by atomic mass is 9.73. The predicted octanol–water partition coefficient (Wildman–Crippen LogP) is 4.85. The number of pyridine rings is 1. The van der Waals surface area contributed by atoms with Gasteiger partial charge in [0.1, 0.15) is 11.6 Å². The highest BCUT2D eigenvalue weighted by Gasteiger charge is 2.55. The lowest BCUT2D eigenvalue weighted by molar-refractivity contribution is -0.0893. The van der Waals surface area contributed by atoms with Crippen LogP contribution in [0.4, 0.5) is 29.0 Å². The SMILES string of the molecule is CC1(C)C[C@H]2N(c3cccc([C@H]4CCCN4)n3)c3nc(Nc4ccc(N5CCOCC5)cc4)ncc3[C@@]2(C)CO1. The number of aromatic nitrogens is 3. The predicted molar refractivity (Wildman–Crippen MR) is 157 cm³/mol. The summed E-state index contributed by atoms with van der Waals surface area (Å²) in [4.78, 5) is 19.8. The van der Waals surface area contributed by atoms with Crippen LogP contribution < -0.4 is 20.4 Å². The number of hydrogen-bond donors (Lipinski definition) is 2. The van der Waals surface area contributed by atoms with E-state index in [-0.39, 0.29) is 17.1 Å². The first kappa shape index (κ1) is 25.7. The standard InChI is InChI=1S/C31H39N7O2/c1-30(2)18-26-31(3,20-40-30)23-19-33-29(34-21-9-11-22(12-10-21)37-14-16-39-17-15-37)36-28(23)38(26)27-8-4-6-25(35-27)24-7-5-13-32-24/h4,6,8-12,19,24,26,32H,5,7,13-18,20H2,1-3H3,(H,33,34,36)/t24-,26-,31-/m1/s1. The summed E-state index contributed by atoms with van der Waals surface area (Å²) in [5, 5.41) is 7.05. The summed E-state index contributed by atoms with van der Waals surface area (Å²) in [6.07, 6.45) is 5.17.